The van der Waals surface area contributed by atoms with Gasteiger partial charge in [-0.1, -0.05) is 26.7 Å². The topological polar surface area (TPSA) is 29.5 Å². The zero-order valence-corrected chi connectivity index (χ0v) is 13.3. The van der Waals surface area contributed by atoms with Crippen LogP contribution >= 0.6 is 0 Å². The molecule has 0 radical (unpaired) electrons. The van der Waals surface area contributed by atoms with E-state index in [9.17, 15) is 4.79 Å². The summed E-state index contributed by atoms with van der Waals surface area (Å²) in [5.41, 5.74) is -0.141. The molecule has 20 heavy (non-hydrogen) atoms. The molecule has 1 heterocycles. The molecule has 1 saturated heterocycles. The van der Waals surface area contributed by atoms with Crippen LogP contribution in [0.15, 0.2) is 0 Å². The summed E-state index contributed by atoms with van der Waals surface area (Å²) in [7, 11) is 0. The molecule has 3 nitrogen and oxygen atoms in total. The number of carbonyl (C=O) groups excluding carboxylic acids is 1. The van der Waals surface area contributed by atoms with Gasteiger partial charge in [0.1, 0.15) is 6.29 Å². The third kappa shape index (κ3) is 4.29. The van der Waals surface area contributed by atoms with E-state index in [4.69, 9.17) is 4.74 Å². The third-order valence-corrected chi connectivity index (χ3v) is 5.09. The molecule has 116 valence electrons. The first kappa shape index (κ1) is 16.0. The van der Waals surface area contributed by atoms with E-state index in [1.807, 2.05) is 0 Å². The van der Waals surface area contributed by atoms with E-state index in [0.29, 0.717) is 6.04 Å². The SMILES string of the molecule is CC(C)CCN(CC1(C=O)CCOCC1)C1CCCC1. The first-order valence-electron chi connectivity index (χ1n) is 8.43. The predicted octanol–water partition coefficient (Wildman–Crippen LogP) is 3.27. The lowest BCUT2D eigenvalue weighted by Crippen LogP contribution is -2.46. The van der Waals surface area contributed by atoms with Crippen LogP contribution in [-0.2, 0) is 9.53 Å². The molecule has 2 aliphatic rings. The summed E-state index contributed by atoms with van der Waals surface area (Å²) in [6.07, 6.45) is 9.64. The van der Waals surface area contributed by atoms with Crippen molar-refractivity contribution in [3.05, 3.63) is 0 Å². The number of rotatable bonds is 7. The van der Waals surface area contributed by atoms with Crippen LogP contribution in [0.3, 0.4) is 0 Å². The third-order valence-electron chi connectivity index (χ3n) is 5.09. The van der Waals surface area contributed by atoms with Gasteiger partial charge in [-0.15, -0.1) is 0 Å². The van der Waals surface area contributed by atoms with Crippen molar-refractivity contribution in [2.24, 2.45) is 11.3 Å². The van der Waals surface area contributed by atoms with E-state index in [1.54, 1.807) is 0 Å². The molecule has 2 fully saturated rings. The molecular weight excluding hydrogens is 250 g/mol. The minimum Gasteiger partial charge on any atom is -0.381 e. The largest absolute Gasteiger partial charge is 0.381 e. The van der Waals surface area contributed by atoms with Crippen LogP contribution in [0, 0.1) is 11.3 Å². The lowest BCUT2D eigenvalue weighted by atomic mass is 9.80. The molecule has 2 rings (SSSR count). The second-order valence-electron chi connectivity index (χ2n) is 7.18. The first-order chi connectivity index (χ1) is 9.65. The molecule has 0 amide bonds. The second-order valence-corrected chi connectivity index (χ2v) is 7.18. The Labute approximate surface area is 124 Å². The molecule has 0 spiro atoms. The van der Waals surface area contributed by atoms with Gasteiger partial charge in [-0.25, -0.2) is 0 Å². The van der Waals surface area contributed by atoms with Crippen LogP contribution in [0.5, 0.6) is 0 Å². The number of nitrogens with zero attached hydrogens (tertiary/aromatic N) is 1. The van der Waals surface area contributed by atoms with Crippen molar-refractivity contribution in [3.8, 4) is 0 Å². The first-order valence-corrected chi connectivity index (χ1v) is 8.43. The second kappa shape index (κ2) is 7.56. The standard InChI is InChI=1S/C17H31NO2/c1-15(2)7-10-18(16-5-3-4-6-16)13-17(14-19)8-11-20-12-9-17/h14-16H,3-13H2,1-2H3. The van der Waals surface area contributed by atoms with Crippen LogP contribution < -0.4 is 0 Å². The molecule has 0 unspecified atom stereocenters. The number of ether oxygens (including phenoxy) is 1. The molecule has 0 atom stereocenters. The number of carbonyl (C=O) groups is 1. The van der Waals surface area contributed by atoms with E-state index in [0.717, 1.165) is 45.1 Å². The van der Waals surface area contributed by atoms with Gasteiger partial charge in [0.25, 0.3) is 0 Å². The molecular formula is C17H31NO2. The van der Waals surface area contributed by atoms with Gasteiger partial charge in [0.2, 0.25) is 0 Å². The van der Waals surface area contributed by atoms with Crippen molar-refractivity contribution < 1.29 is 9.53 Å². The minimum absolute atomic E-state index is 0.141. The Morgan fingerprint density at radius 3 is 2.45 bits per heavy atom. The van der Waals surface area contributed by atoms with Crippen molar-refractivity contribution in [2.45, 2.75) is 64.8 Å². The highest BCUT2D eigenvalue weighted by Gasteiger charge is 2.36. The molecule has 1 aliphatic carbocycles. The highest BCUT2D eigenvalue weighted by Crippen LogP contribution is 2.33. The van der Waals surface area contributed by atoms with Gasteiger partial charge in [0, 0.05) is 31.2 Å². The fourth-order valence-corrected chi connectivity index (χ4v) is 3.58. The highest BCUT2D eigenvalue weighted by molar-refractivity contribution is 5.60. The van der Waals surface area contributed by atoms with Gasteiger partial charge < -0.3 is 9.53 Å². The number of hydrogen-bond acceptors (Lipinski definition) is 3. The monoisotopic (exact) mass is 281 g/mol. The maximum Gasteiger partial charge on any atom is 0.127 e. The van der Waals surface area contributed by atoms with Crippen LogP contribution in [0.2, 0.25) is 0 Å². The zero-order valence-electron chi connectivity index (χ0n) is 13.3. The van der Waals surface area contributed by atoms with Crippen molar-refractivity contribution in [1.82, 2.24) is 4.90 Å². The Morgan fingerprint density at radius 2 is 1.90 bits per heavy atom. The van der Waals surface area contributed by atoms with Gasteiger partial charge >= 0.3 is 0 Å². The summed E-state index contributed by atoms with van der Waals surface area (Å²) < 4.78 is 5.45. The average Bonchev–Trinajstić information content (AvgIpc) is 2.98. The summed E-state index contributed by atoms with van der Waals surface area (Å²) in [6.45, 7) is 8.19. The lowest BCUT2D eigenvalue weighted by molar-refractivity contribution is -0.123. The van der Waals surface area contributed by atoms with Crippen LogP contribution in [-0.4, -0.2) is 43.5 Å². The van der Waals surface area contributed by atoms with Crippen LogP contribution in [0.25, 0.3) is 0 Å². The summed E-state index contributed by atoms with van der Waals surface area (Å²) in [5, 5.41) is 0. The highest BCUT2D eigenvalue weighted by atomic mass is 16.5. The molecule has 0 N–H and O–H groups in total. The lowest BCUT2D eigenvalue weighted by Gasteiger charge is -2.39. The molecule has 1 saturated carbocycles. The van der Waals surface area contributed by atoms with E-state index in [1.165, 1.54) is 38.4 Å². The van der Waals surface area contributed by atoms with Crippen LogP contribution in [0.1, 0.15) is 58.8 Å². The quantitative estimate of drug-likeness (QED) is 0.671. The Bertz CT molecular complexity index is 291. The number of aldehydes is 1. The smallest absolute Gasteiger partial charge is 0.127 e. The Morgan fingerprint density at radius 1 is 1.25 bits per heavy atom. The van der Waals surface area contributed by atoms with E-state index in [2.05, 4.69) is 18.7 Å². The molecule has 3 heteroatoms. The maximum absolute atomic E-state index is 11.7. The van der Waals surface area contributed by atoms with Gasteiger partial charge in [0.05, 0.1) is 0 Å². The van der Waals surface area contributed by atoms with Crippen molar-refractivity contribution in [3.63, 3.8) is 0 Å². The zero-order chi connectivity index (χ0) is 14.4. The van der Waals surface area contributed by atoms with Crippen LogP contribution in [0.4, 0.5) is 0 Å². The Balaban J connectivity index is 1.98. The number of hydrogen-bond donors (Lipinski definition) is 0. The summed E-state index contributed by atoms with van der Waals surface area (Å²) in [5.74, 6) is 0.737. The fourth-order valence-electron chi connectivity index (χ4n) is 3.58. The predicted molar refractivity (Wildman–Crippen MR) is 81.8 cm³/mol. The normalized spacial score (nSPS) is 23.6. The van der Waals surface area contributed by atoms with Gasteiger partial charge in [-0.05, 0) is 44.6 Å². The maximum atomic E-state index is 11.7. The van der Waals surface area contributed by atoms with Gasteiger partial charge in [-0.2, -0.15) is 0 Å². The molecule has 0 aromatic rings. The van der Waals surface area contributed by atoms with E-state index in [-0.39, 0.29) is 5.41 Å². The Hall–Kier alpha value is -0.410. The minimum atomic E-state index is -0.141. The van der Waals surface area contributed by atoms with Gasteiger partial charge in [0.15, 0.2) is 0 Å². The molecule has 0 aromatic heterocycles. The van der Waals surface area contributed by atoms with E-state index < -0.39 is 0 Å². The summed E-state index contributed by atoms with van der Waals surface area (Å²) >= 11 is 0. The summed E-state index contributed by atoms with van der Waals surface area (Å²) in [4.78, 5) is 14.3. The average molecular weight is 281 g/mol. The summed E-state index contributed by atoms with van der Waals surface area (Å²) in [6, 6.07) is 0.716. The van der Waals surface area contributed by atoms with Crippen molar-refractivity contribution in [2.75, 3.05) is 26.3 Å². The van der Waals surface area contributed by atoms with Crippen molar-refractivity contribution in [1.29, 1.82) is 0 Å². The van der Waals surface area contributed by atoms with Crippen molar-refractivity contribution >= 4 is 6.29 Å². The molecule has 0 aromatic carbocycles. The molecule has 0 bridgehead atoms. The fraction of sp³-hybridized carbons (Fsp3) is 0.941. The van der Waals surface area contributed by atoms with E-state index >= 15 is 0 Å². The Kier molecular flexibility index (Phi) is 6.03. The van der Waals surface area contributed by atoms with Gasteiger partial charge in [-0.3, -0.25) is 4.90 Å². The molecule has 1 aliphatic heterocycles.